The number of esters is 2. The van der Waals surface area contributed by atoms with Gasteiger partial charge in [-0.3, -0.25) is 0 Å². The molecule has 0 aliphatic rings. The summed E-state index contributed by atoms with van der Waals surface area (Å²) in [6.45, 7) is 4.06. The molecule has 0 unspecified atom stereocenters. The van der Waals surface area contributed by atoms with Gasteiger partial charge in [-0.05, 0) is 19.8 Å². The molecular weight excluding hydrogens is 344 g/mol. The largest absolute Gasteiger partial charge is 0.501 e. The molecule has 0 aromatic carbocycles. The Morgan fingerprint density at radius 2 is 1.30 bits per heavy atom. The number of carbonyl (C=O) groups excluding carboxylic acids is 2. The lowest BCUT2D eigenvalue weighted by molar-refractivity contribution is -0.141. The van der Waals surface area contributed by atoms with Crippen LogP contribution < -0.4 is 0 Å². The van der Waals surface area contributed by atoms with E-state index in [-0.39, 0.29) is 18.6 Å². The maximum Gasteiger partial charge on any atom is 0.387 e. The van der Waals surface area contributed by atoms with E-state index in [2.05, 4.69) is 11.7 Å². The van der Waals surface area contributed by atoms with Gasteiger partial charge in [-0.25, -0.2) is 9.59 Å². The van der Waals surface area contributed by atoms with Crippen molar-refractivity contribution in [3.8, 4) is 12.5 Å². The van der Waals surface area contributed by atoms with E-state index in [1.165, 1.54) is 57.8 Å². The van der Waals surface area contributed by atoms with Gasteiger partial charge in [-0.15, -0.1) is 0 Å². The molecule has 0 aromatic heterocycles. The van der Waals surface area contributed by atoms with E-state index in [4.69, 9.17) is 11.2 Å². The summed E-state index contributed by atoms with van der Waals surface area (Å²) in [5.74, 6) is -2.55. The first-order valence-corrected chi connectivity index (χ1v) is 10.3. The molecular formula is C22H36O5. The first-order valence-electron chi connectivity index (χ1n) is 10.3. The highest BCUT2D eigenvalue weighted by atomic mass is 16.5. The quantitative estimate of drug-likeness (QED) is 0.124. The number of hydrogen-bond acceptors (Lipinski definition) is 5. The standard InChI is InChI=1S/C22H36O5/c1-4-7-8-9-10-11-12-13-14-15-16-17-18-19(21(24)26-5-2)20(23)22(25)27-6-3/h3,23H,4-5,7-18H2,1-2H3. The number of hydrogen-bond donors (Lipinski definition) is 1. The third-order valence-electron chi connectivity index (χ3n) is 4.43. The minimum absolute atomic E-state index is 0.0656. The molecule has 0 aliphatic carbocycles. The molecule has 0 aromatic rings. The molecule has 0 atom stereocenters. The Morgan fingerprint density at radius 3 is 1.74 bits per heavy atom. The number of aliphatic hydroxyl groups is 1. The van der Waals surface area contributed by atoms with Crippen molar-refractivity contribution in [2.45, 2.75) is 97.3 Å². The fourth-order valence-corrected chi connectivity index (χ4v) is 2.90. The molecule has 154 valence electrons. The minimum atomic E-state index is -1.10. The van der Waals surface area contributed by atoms with E-state index in [1.54, 1.807) is 13.0 Å². The highest BCUT2D eigenvalue weighted by Crippen LogP contribution is 2.17. The van der Waals surface area contributed by atoms with Crippen LogP contribution in [0.1, 0.15) is 97.3 Å². The summed E-state index contributed by atoms with van der Waals surface area (Å²) in [5, 5.41) is 9.89. The van der Waals surface area contributed by atoms with Crippen molar-refractivity contribution in [3.63, 3.8) is 0 Å². The first-order chi connectivity index (χ1) is 13.1. The van der Waals surface area contributed by atoms with Crippen LogP contribution in [-0.4, -0.2) is 23.7 Å². The van der Waals surface area contributed by atoms with Crippen LogP contribution in [-0.2, 0) is 19.1 Å². The Morgan fingerprint density at radius 1 is 0.815 bits per heavy atom. The molecule has 1 N–H and O–H groups in total. The van der Waals surface area contributed by atoms with Crippen molar-refractivity contribution in [2.24, 2.45) is 0 Å². The van der Waals surface area contributed by atoms with Crippen LogP contribution in [0, 0.1) is 12.5 Å². The average molecular weight is 381 g/mol. The van der Waals surface area contributed by atoms with Crippen molar-refractivity contribution in [1.29, 1.82) is 0 Å². The summed E-state index contributed by atoms with van der Waals surface area (Å²) in [6.07, 6.45) is 21.2. The third kappa shape index (κ3) is 12.9. The first kappa shape index (κ1) is 25.0. The average Bonchev–Trinajstić information content (AvgIpc) is 2.65. The molecule has 5 nitrogen and oxygen atoms in total. The lowest BCUT2D eigenvalue weighted by Crippen LogP contribution is -2.15. The van der Waals surface area contributed by atoms with Crippen molar-refractivity contribution in [3.05, 3.63) is 11.3 Å². The van der Waals surface area contributed by atoms with Crippen molar-refractivity contribution < 1.29 is 24.2 Å². The second-order valence-electron chi connectivity index (χ2n) is 6.69. The van der Waals surface area contributed by atoms with Gasteiger partial charge in [0, 0.05) is 0 Å². The molecule has 0 saturated heterocycles. The molecule has 0 radical (unpaired) electrons. The van der Waals surface area contributed by atoms with Gasteiger partial charge in [0.1, 0.15) is 6.11 Å². The van der Waals surface area contributed by atoms with Gasteiger partial charge >= 0.3 is 11.9 Å². The second kappa shape index (κ2) is 17.5. The van der Waals surface area contributed by atoms with Crippen molar-refractivity contribution >= 4 is 11.9 Å². The number of aliphatic hydroxyl groups excluding tert-OH is 1. The van der Waals surface area contributed by atoms with Crippen LogP contribution in [0.5, 0.6) is 0 Å². The maximum atomic E-state index is 11.9. The molecule has 0 saturated carbocycles. The minimum Gasteiger partial charge on any atom is -0.501 e. The number of ether oxygens (including phenoxy) is 2. The molecule has 0 rings (SSSR count). The molecule has 0 heterocycles. The fourth-order valence-electron chi connectivity index (χ4n) is 2.90. The Labute approximate surface area is 164 Å². The van der Waals surface area contributed by atoms with Gasteiger partial charge in [0.15, 0.2) is 0 Å². The van der Waals surface area contributed by atoms with E-state index in [1.807, 2.05) is 0 Å². The zero-order chi connectivity index (χ0) is 20.3. The van der Waals surface area contributed by atoms with Crippen LogP contribution in [0.2, 0.25) is 0 Å². The lowest BCUT2D eigenvalue weighted by atomic mass is 10.0. The zero-order valence-electron chi connectivity index (χ0n) is 17.1. The Kier molecular flexibility index (Phi) is 16.2. The van der Waals surface area contributed by atoms with Gasteiger partial charge in [0.2, 0.25) is 5.76 Å². The third-order valence-corrected chi connectivity index (χ3v) is 4.43. The predicted molar refractivity (Wildman–Crippen MR) is 107 cm³/mol. The van der Waals surface area contributed by atoms with Gasteiger partial charge in [-0.2, -0.15) is 0 Å². The molecule has 0 fully saturated rings. The summed E-state index contributed by atoms with van der Waals surface area (Å²) in [4.78, 5) is 23.5. The summed E-state index contributed by atoms with van der Waals surface area (Å²) in [5.41, 5.74) is -0.0656. The molecule has 0 amide bonds. The van der Waals surface area contributed by atoms with Gasteiger partial charge in [0.25, 0.3) is 0 Å². The van der Waals surface area contributed by atoms with E-state index < -0.39 is 17.7 Å². The SMILES string of the molecule is C#COC(=O)C(O)=C(CCCCCCCCCCCCCC)C(=O)OCC. The summed E-state index contributed by atoms with van der Waals surface area (Å²) < 4.78 is 9.19. The molecule has 0 bridgehead atoms. The van der Waals surface area contributed by atoms with Gasteiger partial charge < -0.3 is 14.6 Å². The summed E-state index contributed by atoms with van der Waals surface area (Å²) >= 11 is 0. The number of rotatable bonds is 16. The van der Waals surface area contributed by atoms with Crippen LogP contribution in [0.15, 0.2) is 11.3 Å². The Balaban J connectivity index is 4.04. The molecule has 27 heavy (non-hydrogen) atoms. The van der Waals surface area contributed by atoms with Gasteiger partial charge in [0.05, 0.1) is 12.2 Å². The summed E-state index contributed by atoms with van der Waals surface area (Å²) in [7, 11) is 0. The molecule has 5 heteroatoms. The summed E-state index contributed by atoms with van der Waals surface area (Å²) in [6, 6.07) is 0. The van der Waals surface area contributed by atoms with Crippen LogP contribution >= 0.6 is 0 Å². The Hall–Kier alpha value is -1.96. The topological polar surface area (TPSA) is 72.8 Å². The number of terminal acetylenes is 1. The van der Waals surface area contributed by atoms with Crippen molar-refractivity contribution in [1.82, 2.24) is 0 Å². The zero-order valence-corrected chi connectivity index (χ0v) is 17.1. The second-order valence-corrected chi connectivity index (χ2v) is 6.69. The van der Waals surface area contributed by atoms with Crippen molar-refractivity contribution in [2.75, 3.05) is 6.61 Å². The van der Waals surface area contributed by atoms with E-state index in [0.717, 1.165) is 12.8 Å². The molecule has 0 aliphatic heterocycles. The smallest absolute Gasteiger partial charge is 0.387 e. The Bertz CT molecular complexity index is 487. The maximum absolute atomic E-state index is 11.9. The number of carbonyl (C=O) groups is 2. The monoisotopic (exact) mass is 380 g/mol. The van der Waals surface area contributed by atoms with Gasteiger partial charge in [-0.1, -0.05) is 84.0 Å². The predicted octanol–water partition coefficient (Wildman–Crippen LogP) is 5.59. The van der Waals surface area contributed by atoms with E-state index >= 15 is 0 Å². The highest BCUT2D eigenvalue weighted by molar-refractivity contribution is 5.98. The fraction of sp³-hybridized carbons (Fsp3) is 0.727. The lowest BCUT2D eigenvalue weighted by Gasteiger charge is -2.09. The van der Waals surface area contributed by atoms with E-state index in [0.29, 0.717) is 6.42 Å². The number of unbranched alkanes of at least 4 members (excludes halogenated alkanes) is 11. The normalized spacial score (nSPS) is 11.4. The highest BCUT2D eigenvalue weighted by Gasteiger charge is 2.22. The van der Waals surface area contributed by atoms with Crippen LogP contribution in [0.25, 0.3) is 0 Å². The van der Waals surface area contributed by atoms with E-state index in [9.17, 15) is 14.7 Å². The van der Waals surface area contributed by atoms with Crippen LogP contribution in [0.4, 0.5) is 0 Å². The van der Waals surface area contributed by atoms with Crippen LogP contribution in [0.3, 0.4) is 0 Å². The molecule has 0 spiro atoms.